The Bertz CT molecular complexity index is 965. The van der Waals surface area contributed by atoms with Crippen molar-refractivity contribution in [2.24, 2.45) is 5.10 Å². The molecule has 0 bridgehead atoms. The molecule has 6 nitrogen and oxygen atoms in total. The number of halogens is 1. The number of nitrogens with zero attached hydrogens (tertiary/aromatic N) is 2. The Morgan fingerprint density at radius 2 is 1.83 bits per heavy atom. The van der Waals surface area contributed by atoms with E-state index in [1.807, 2.05) is 6.07 Å². The highest BCUT2D eigenvalue weighted by molar-refractivity contribution is 6.33. The molecule has 0 radical (unpaired) electrons. The number of hydrogen-bond acceptors (Lipinski definition) is 4. The van der Waals surface area contributed by atoms with Crippen LogP contribution in [0.1, 0.15) is 16.1 Å². The molecule has 1 heterocycles. The van der Waals surface area contributed by atoms with E-state index in [9.17, 15) is 9.59 Å². The number of carbonyl (C=O) groups excluding carboxylic acids is 1. The summed E-state index contributed by atoms with van der Waals surface area (Å²) >= 11 is 6.00. The Hall–Kier alpha value is -2.99. The Balaban J connectivity index is 1.86. The Kier molecular flexibility index (Phi) is 4.16. The molecule has 7 heteroatoms. The standard InChI is InChI=1S/C16H11ClN4O2/c17-13-8-4-1-5-10(13)9-18-20-16(23)14-11-6-2-3-7-12(11)15(22)21-19-14/h1-9H,(H,20,23)(H,21,22)/b18-9+. The van der Waals surface area contributed by atoms with Crippen LogP contribution in [0.2, 0.25) is 5.02 Å². The number of aromatic nitrogens is 2. The van der Waals surface area contributed by atoms with E-state index in [2.05, 4.69) is 20.7 Å². The molecular formula is C16H11ClN4O2. The molecule has 2 N–H and O–H groups in total. The van der Waals surface area contributed by atoms with Crippen molar-refractivity contribution >= 4 is 34.5 Å². The van der Waals surface area contributed by atoms with Gasteiger partial charge >= 0.3 is 0 Å². The predicted octanol–water partition coefficient (Wildman–Crippen LogP) is 2.34. The molecule has 0 fully saturated rings. The molecule has 3 aromatic rings. The first kappa shape index (κ1) is 14.9. The fourth-order valence-corrected chi connectivity index (χ4v) is 2.27. The minimum Gasteiger partial charge on any atom is -0.267 e. The SMILES string of the molecule is O=C(N/N=C/c1ccccc1Cl)c1n[nH]c(=O)c2ccccc12. The first-order valence-electron chi connectivity index (χ1n) is 6.72. The fourth-order valence-electron chi connectivity index (χ4n) is 2.08. The van der Waals surface area contributed by atoms with Crippen molar-refractivity contribution in [1.82, 2.24) is 15.6 Å². The number of aromatic amines is 1. The van der Waals surface area contributed by atoms with Gasteiger partial charge < -0.3 is 0 Å². The van der Waals surface area contributed by atoms with Crippen molar-refractivity contribution in [1.29, 1.82) is 0 Å². The Morgan fingerprint density at radius 1 is 1.13 bits per heavy atom. The summed E-state index contributed by atoms with van der Waals surface area (Å²) in [5.74, 6) is -0.527. The number of H-pyrrole nitrogens is 1. The monoisotopic (exact) mass is 326 g/mol. The summed E-state index contributed by atoms with van der Waals surface area (Å²) in [6, 6.07) is 13.8. The van der Waals surface area contributed by atoms with Gasteiger partial charge in [0.1, 0.15) is 0 Å². The summed E-state index contributed by atoms with van der Waals surface area (Å²) in [5, 5.41) is 11.3. The molecule has 0 aliphatic carbocycles. The molecule has 0 atom stereocenters. The maximum absolute atomic E-state index is 12.2. The van der Waals surface area contributed by atoms with Gasteiger partial charge in [0.25, 0.3) is 11.5 Å². The van der Waals surface area contributed by atoms with Gasteiger partial charge in [-0.25, -0.2) is 10.5 Å². The smallest absolute Gasteiger partial charge is 0.267 e. The highest BCUT2D eigenvalue weighted by Crippen LogP contribution is 2.13. The zero-order valence-electron chi connectivity index (χ0n) is 11.8. The fraction of sp³-hybridized carbons (Fsp3) is 0. The molecule has 0 aliphatic heterocycles. The lowest BCUT2D eigenvalue weighted by Crippen LogP contribution is -2.22. The minimum atomic E-state index is -0.527. The topological polar surface area (TPSA) is 87.2 Å². The van der Waals surface area contributed by atoms with Gasteiger partial charge in [-0.2, -0.15) is 10.2 Å². The number of fused-ring (bicyclic) bond motifs is 1. The highest BCUT2D eigenvalue weighted by Gasteiger charge is 2.13. The van der Waals surface area contributed by atoms with Crippen LogP contribution in [0.3, 0.4) is 0 Å². The van der Waals surface area contributed by atoms with E-state index in [0.717, 1.165) is 0 Å². The summed E-state index contributed by atoms with van der Waals surface area (Å²) in [5.41, 5.74) is 2.79. The van der Waals surface area contributed by atoms with Crippen LogP contribution in [-0.4, -0.2) is 22.3 Å². The van der Waals surface area contributed by atoms with Crippen LogP contribution in [0.4, 0.5) is 0 Å². The molecule has 0 spiro atoms. The van der Waals surface area contributed by atoms with Crippen LogP contribution in [0.15, 0.2) is 58.4 Å². The third kappa shape index (κ3) is 3.12. The molecule has 0 unspecified atom stereocenters. The molecule has 114 valence electrons. The molecule has 0 aliphatic rings. The highest BCUT2D eigenvalue weighted by atomic mass is 35.5. The number of hydrogen-bond donors (Lipinski definition) is 2. The van der Waals surface area contributed by atoms with Crippen LogP contribution in [0.25, 0.3) is 10.8 Å². The molecule has 2 aromatic carbocycles. The number of amides is 1. The number of nitrogens with one attached hydrogen (secondary N) is 2. The van der Waals surface area contributed by atoms with Gasteiger partial charge in [-0.1, -0.05) is 48.0 Å². The minimum absolute atomic E-state index is 0.0940. The zero-order chi connectivity index (χ0) is 16.2. The predicted molar refractivity (Wildman–Crippen MR) is 88.9 cm³/mol. The van der Waals surface area contributed by atoms with Crippen LogP contribution >= 0.6 is 11.6 Å². The Morgan fingerprint density at radius 3 is 2.61 bits per heavy atom. The summed E-state index contributed by atoms with van der Waals surface area (Å²) in [7, 11) is 0. The largest absolute Gasteiger partial charge is 0.292 e. The van der Waals surface area contributed by atoms with E-state index in [-0.39, 0.29) is 11.3 Å². The van der Waals surface area contributed by atoms with Crippen molar-refractivity contribution in [2.75, 3.05) is 0 Å². The van der Waals surface area contributed by atoms with Crippen molar-refractivity contribution < 1.29 is 4.79 Å². The normalized spacial score (nSPS) is 11.0. The summed E-state index contributed by atoms with van der Waals surface area (Å²) in [6.45, 7) is 0. The molecular weight excluding hydrogens is 316 g/mol. The van der Waals surface area contributed by atoms with Gasteiger partial charge in [-0.3, -0.25) is 9.59 Å². The van der Waals surface area contributed by atoms with Gasteiger partial charge in [0.2, 0.25) is 0 Å². The first-order chi connectivity index (χ1) is 11.2. The summed E-state index contributed by atoms with van der Waals surface area (Å²) in [6.07, 6.45) is 1.44. The van der Waals surface area contributed by atoms with Gasteiger partial charge in [0.05, 0.1) is 11.6 Å². The van der Waals surface area contributed by atoms with Crippen molar-refractivity contribution in [3.05, 3.63) is 75.2 Å². The lowest BCUT2D eigenvalue weighted by Gasteiger charge is -2.03. The molecule has 1 amide bonds. The third-order valence-corrected chi connectivity index (χ3v) is 3.53. The maximum Gasteiger partial charge on any atom is 0.292 e. The molecule has 3 rings (SSSR count). The lowest BCUT2D eigenvalue weighted by molar-refractivity contribution is 0.0951. The second-order valence-corrected chi connectivity index (χ2v) is 5.07. The van der Waals surface area contributed by atoms with Gasteiger partial charge in [-0.05, 0) is 12.1 Å². The quantitative estimate of drug-likeness (QED) is 0.572. The van der Waals surface area contributed by atoms with Crippen molar-refractivity contribution in [3.63, 3.8) is 0 Å². The summed E-state index contributed by atoms with van der Waals surface area (Å²) < 4.78 is 0. The second kappa shape index (κ2) is 6.41. The van der Waals surface area contributed by atoms with E-state index < -0.39 is 5.91 Å². The number of benzene rings is 2. The lowest BCUT2D eigenvalue weighted by atomic mass is 10.1. The van der Waals surface area contributed by atoms with E-state index in [0.29, 0.717) is 21.4 Å². The van der Waals surface area contributed by atoms with Gasteiger partial charge in [0, 0.05) is 16.0 Å². The van der Waals surface area contributed by atoms with Crippen molar-refractivity contribution in [3.8, 4) is 0 Å². The van der Waals surface area contributed by atoms with Gasteiger partial charge in [-0.15, -0.1) is 0 Å². The van der Waals surface area contributed by atoms with E-state index >= 15 is 0 Å². The molecule has 1 aromatic heterocycles. The van der Waals surface area contributed by atoms with E-state index in [4.69, 9.17) is 11.6 Å². The van der Waals surface area contributed by atoms with Gasteiger partial charge in [0.15, 0.2) is 5.69 Å². The first-order valence-corrected chi connectivity index (χ1v) is 7.10. The third-order valence-electron chi connectivity index (χ3n) is 3.19. The number of carbonyl (C=O) groups is 1. The number of hydrazone groups is 1. The van der Waals surface area contributed by atoms with Crippen LogP contribution in [0, 0.1) is 0 Å². The molecule has 0 saturated carbocycles. The summed E-state index contributed by atoms with van der Waals surface area (Å²) in [4.78, 5) is 23.9. The van der Waals surface area contributed by atoms with Crippen LogP contribution < -0.4 is 11.0 Å². The van der Waals surface area contributed by atoms with Crippen LogP contribution in [0.5, 0.6) is 0 Å². The van der Waals surface area contributed by atoms with E-state index in [1.54, 1.807) is 42.5 Å². The average Bonchev–Trinajstić information content (AvgIpc) is 2.57. The molecule has 0 saturated heterocycles. The van der Waals surface area contributed by atoms with E-state index in [1.165, 1.54) is 6.21 Å². The zero-order valence-corrected chi connectivity index (χ0v) is 12.5. The Labute approximate surface area is 135 Å². The molecule has 23 heavy (non-hydrogen) atoms. The van der Waals surface area contributed by atoms with Crippen molar-refractivity contribution in [2.45, 2.75) is 0 Å². The van der Waals surface area contributed by atoms with Crippen LogP contribution in [-0.2, 0) is 0 Å². The number of rotatable bonds is 3. The second-order valence-electron chi connectivity index (χ2n) is 4.67. The average molecular weight is 327 g/mol. The maximum atomic E-state index is 12.2.